The number of amides is 2. The van der Waals surface area contributed by atoms with Crippen LogP contribution in [0.25, 0.3) is 0 Å². The zero-order valence-electron chi connectivity index (χ0n) is 15.4. The lowest BCUT2D eigenvalue weighted by Crippen LogP contribution is -2.35. The molecule has 2 aliphatic rings. The molecule has 0 radical (unpaired) electrons. The van der Waals surface area contributed by atoms with Crippen LogP contribution in [0.4, 0.5) is 5.69 Å². The van der Waals surface area contributed by atoms with Gasteiger partial charge in [0.1, 0.15) is 10.6 Å². The Hall–Kier alpha value is -2.24. The number of likely N-dealkylation sites (tertiary alicyclic amines) is 1. The van der Waals surface area contributed by atoms with E-state index < -0.39 is 0 Å². The van der Waals surface area contributed by atoms with E-state index in [1.807, 2.05) is 30.3 Å². The lowest BCUT2D eigenvalue weighted by molar-refractivity contribution is -0.121. The first-order valence-electron chi connectivity index (χ1n) is 9.51. The third kappa shape index (κ3) is 3.82. The van der Waals surface area contributed by atoms with E-state index in [4.69, 9.17) is 11.6 Å². The van der Waals surface area contributed by atoms with Crippen molar-refractivity contribution < 1.29 is 9.59 Å². The summed E-state index contributed by atoms with van der Waals surface area (Å²) in [6.07, 6.45) is 4.40. The molecular formula is C22H21ClN2O2S. The number of carbonyl (C=O) groups is 2. The summed E-state index contributed by atoms with van der Waals surface area (Å²) in [5, 5.41) is 0.572. The van der Waals surface area contributed by atoms with Gasteiger partial charge in [0.15, 0.2) is 0 Å². The second-order valence-corrected chi connectivity index (χ2v) is 8.44. The molecule has 2 aromatic rings. The molecule has 1 fully saturated rings. The normalized spacial score (nSPS) is 18.0. The number of benzene rings is 2. The first-order valence-corrected chi connectivity index (χ1v) is 10.7. The van der Waals surface area contributed by atoms with Gasteiger partial charge in [0.2, 0.25) is 0 Å². The molecule has 0 N–H and O–H groups in total. The number of halogens is 1. The maximum absolute atomic E-state index is 13.4. The van der Waals surface area contributed by atoms with Crippen molar-refractivity contribution in [2.24, 2.45) is 0 Å². The summed E-state index contributed by atoms with van der Waals surface area (Å²) in [6, 6.07) is 16.6. The number of carbonyl (C=O) groups excluding carboxylic acids is 2. The molecule has 6 heteroatoms. The minimum atomic E-state index is -0.263. The van der Waals surface area contributed by atoms with Crippen molar-refractivity contribution in [1.29, 1.82) is 0 Å². The van der Waals surface area contributed by atoms with Crippen LogP contribution < -0.4 is 4.90 Å². The number of thioether (sulfide) groups is 1. The molecule has 4 rings (SSSR count). The highest BCUT2D eigenvalue weighted by Crippen LogP contribution is 2.39. The van der Waals surface area contributed by atoms with Crippen molar-refractivity contribution in [2.45, 2.75) is 30.6 Å². The van der Waals surface area contributed by atoms with Crippen LogP contribution in [0.5, 0.6) is 0 Å². The van der Waals surface area contributed by atoms with E-state index in [1.54, 1.807) is 24.3 Å². The lowest BCUT2D eigenvalue weighted by atomic mass is 10.2. The molecule has 2 aromatic carbocycles. The molecule has 0 spiro atoms. The van der Waals surface area contributed by atoms with Crippen LogP contribution in [0, 0.1) is 0 Å². The van der Waals surface area contributed by atoms with Gasteiger partial charge in [0.05, 0.1) is 5.69 Å². The summed E-state index contributed by atoms with van der Waals surface area (Å²) in [6.45, 7) is 1.61. The average Bonchev–Trinajstić information content (AvgIpc) is 2.89. The zero-order valence-corrected chi connectivity index (χ0v) is 17.0. The average molecular weight is 413 g/mol. The number of anilines is 1. The van der Waals surface area contributed by atoms with Gasteiger partial charge in [-0.25, -0.2) is 4.90 Å². The van der Waals surface area contributed by atoms with Gasteiger partial charge in [-0.15, -0.1) is 0 Å². The molecule has 4 nitrogen and oxygen atoms in total. The number of hydrogen-bond acceptors (Lipinski definition) is 4. The Morgan fingerprint density at radius 1 is 0.786 bits per heavy atom. The number of imide groups is 1. The number of rotatable bonds is 4. The highest BCUT2D eigenvalue weighted by atomic mass is 35.5. The van der Waals surface area contributed by atoms with Crippen molar-refractivity contribution in [1.82, 2.24) is 4.90 Å². The van der Waals surface area contributed by atoms with Gasteiger partial charge in [0.25, 0.3) is 11.8 Å². The zero-order chi connectivity index (χ0) is 19.5. The van der Waals surface area contributed by atoms with Gasteiger partial charge in [0, 0.05) is 23.0 Å². The van der Waals surface area contributed by atoms with E-state index in [1.165, 1.54) is 16.7 Å². The minimum absolute atomic E-state index is 0.243. The van der Waals surface area contributed by atoms with Gasteiger partial charge in [-0.2, -0.15) is 0 Å². The summed E-state index contributed by atoms with van der Waals surface area (Å²) in [5.41, 5.74) is 1.09. The maximum atomic E-state index is 13.4. The second kappa shape index (κ2) is 8.41. The van der Waals surface area contributed by atoms with Crippen molar-refractivity contribution in [3.63, 3.8) is 0 Å². The molecule has 2 amide bonds. The summed E-state index contributed by atoms with van der Waals surface area (Å²) >= 11 is 7.36. The molecule has 28 heavy (non-hydrogen) atoms. The molecule has 2 heterocycles. The summed E-state index contributed by atoms with van der Waals surface area (Å²) in [7, 11) is 0. The molecule has 144 valence electrons. The Morgan fingerprint density at radius 2 is 1.43 bits per heavy atom. The third-order valence-electron chi connectivity index (χ3n) is 4.99. The van der Waals surface area contributed by atoms with E-state index in [0.29, 0.717) is 21.3 Å². The Kier molecular flexibility index (Phi) is 5.74. The fourth-order valence-electron chi connectivity index (χ4n) is 3.59. The first kappa shape index (κ1) is 19.1. The fourth-order valence-corrected chi connectivity index (χ4v) is 4.74. The molecule has 0 unspecified atom stereocenters. The molecule has 1 saturated heterocycles. The van der Waals surface area contributed by atoms with Crippen LogP contribution in [-0.2, 0) is 9.59 Å². The van der Waals surface area contributed by atoms with Gasteiger partial charge in [-0.1, -0.05) is 54.4 Å². The van der Waals surface area contributed by atoms with Crippen LogP contribution in [0.2, 0.25) is 5.02 Å². The topological polar surface area (TPSA) is 40.6 Å². The summed E-state index contributed by atoms with van der Waals surface area (Å²) in [5.74, 6) is -0.506. The van der Waals surface area contributed by atoms with Gasteiger partial charge in [-0.3, -0.25) is 9.59 Å². The van der Waals surface area contributed by atoms with Crippen molar-refractivity contribution >= 4 is 40.9 Å². The first-order chi connectivity index (χ1) is 13.6. The van der Waals surface area contributed by atoms with Crippen LogP contribution in [0.1, 0.15) is 25.7 Å². The van der Waals surface area contributed by atoms with Crippen LogP contribution in [0.15, 0.2) is 70.1 Å². The smallest absolute Gasteiger partial charge is 0.283 e. The highest BCUT2D eigenvalue weighted by molar-refractivity contribution is 8.04. The summed E-state index contributed by atoms with van der Waals surface area (Å²) in [4.78, 5) is 31.5. The Balaban J connectivity index is 1.73. The monoisotopic (exact) mass is 412 g/mol. The summed E-state index contributed by atoms with van der Waals surface area (Å²) < 4.78 is 0. The highest BCUT2D eigenvalue weighted by Gasteiger charge is 2.42. The lowest BCUT2D eigenvalue weighted by Gasteiger charge is -2.24. The van der Waals surface area contributed by atoms with E-state index in [-0.39, 0.29) is 11.8 Å². The van der Waals surface area contributed by atoms with Crippen LogP contribution in [0.3, 0.4) is 0 Å². The maximum Gasteiger partial charge on any atom is 0.283 e. The Morgan fingerprint density at radius 3 is 2.07 bits per heavy atom. The second-order valence-electron chi connectivity index (χ2n) is 6.92. The minimum Gasteiger partial charge on any atom is -0.366 e. The van der Waals surface area contributed by atoms with E-state index in [9.17, 15) is 9.59 Å². The van der Waals surface area contributed by atoms with Gasteiger partial charge >= 0.3 is 0 Å². The van der Waals surface area contributed by atoms with E-state index in [0.717, 1.165) is 43.7 Å². The standard InChI is InChI=1S/C22H21ClN2O2S/c23-16-10-12-17(13-11-16)25-21(26)19(24-14-6-1-2-7-15-24)20(22(25)27)28-18-8-4-3-5-9-18/h3-5,8-13H,1-2,6-7,14-15H2. The van der Waals surface area contributed by atoms with Gasteiger partial charge in [-0.05, 0) is 49.2 Å². The molecule has 0 atom stereocenters. The predicted octanol–water partition coefficient (Wildman–Crippen LogP) is 5.09. The SMILES string of the molecule is O=C1C(Sc2ccccc2)=C(N2CCCCCC2)C(=O)N1c1ccc(Cl)cc1. The largest absolute Gasteiger partial charge is 0.366 e. The predicted molar refractivity (Wildman–Crippen MR) is 113 cm³/mol. The van der Waals surface area contributed by atoms with Crippen molar-refractivity contribution in [2.75, 3.05) is 18.0 Å². The molecule has 0 bridgehead atoms. The Bertz CT molecular complexity index is 904. The van der Waals surface area contributed by atoms with Gasteiger partial charge < -0.3 is 4.90 Å². The quantitative estimate of drug-likeness (QED) is 0.655. The fraction of sp³-hybridized carbons (Fsp3) is 0.273. The van der Waals surface area contributed by atoms with Crippen LogP contribution >= 0.6 is 23.4 Å². The molecule has 0 aliphatic carbocycles. The molecule has 2 aliphatic heterocycles. The van der Waals surface area contributed by atoms with Crippen molar-refractivity contribution in [3.05, 3.63) is 70.2 Å². The van der Waals surface area contributed by atoms with Crippen molar-refractivity contribution in [3.8, 4) is 0 Å². The number of nitrogens with zero attached hydrogens (tertiary/aromatic N) is 2. The Labute approximate surface area is 174 Å². The molecular weight excluding hydrogens is 392 g/mol. The van der Waals surface area contributed by atoms with Crippen LogP contribution in [-0.4, -0.2) is 29.8 Å². The third-order valence-corrected chi connectivity index (χ3v) is 6.32. The molecule has 0 aromatic heterocycles. The number of hydrogen-bond donors (Lipinski definition) is 0. The van der Waals surface area contributed by atoms with E-state index in [2.05, 4.69) is 4.90 Å². The van der Waals surface area contributed by atoms with E-state index >= 15 is 0 Å². The molecule has 0 saturated carbocycles.